The van der Waals surface area contributed by atoms with Crippen LogP contribution < -0.4 is 4.74 Å². The van der Waals surface area contributed by atoms with Crippen LogP contribution in [0.25, 0.3) is 11.5 Å². The molecule has 1 heterocycles. The minimum absolute atomic E-state index is 0.00705. The van der Waals surface area contributed by atoms with Crippen LogP contribution in [-0.2, 0) is 22.6 Å². The van der Waals surface area contributed by atoms with Gasteiger partial charge in [-0.25, -0.2) is 4.98 Å². The van der Waals surface area contributed by atoms with E-state index >= 15 is 0 Å². The predicted octanol–water partition coefficient (Wildman–Crippen LogP) is 5.18. The lowest BCUT2D eigenvalue weighted by molar-refractivity contribution is -0.191. The Morgan fingerprint density at radius 3 is 2.71 bits per heavy atom. The fraction of sp³-hybridized carbons (Fsp3) is 0.333. The van der Waals surface area contributed by atoms with Crippen LogP contribution in [0.1, 0.15) is 30.9 Å². The number of oxazole rings is 1. The van der Waals surface area contributed by atoms with Gasteiger partial charge in [0.2, 0.25) is 5.89 Å². The number of carbonyl (C=O) groups is 1. The average Bonchev–Trinajstić information content (AvgIpc) is 3.09. The smallest absolute Gasteiger partial charge is 0.226 e. The number of aromatic nitrogens is 1. The molecule has 0 fully saturated rings. The first-order valence-electron chi connectivity index (χ1n) is 10.2. The van der Waals surface area contributed by atoms with Crippen LogP contribution in [0.4, 0.5) is 0 Å². The molecule has 0 saturated carbocycles. The van der Waals surface area contributed by atoms with Crippen molar-refractivity contribution < 1.29 is 18.8 Å². The van der Waals surface area contributed by atoms with Gasteiger partial charge in [-0.15, -0.1) is 0 Å². The van der Waals surface area contributed by atoms with E-state index in [0.717, 1.165) is 33.3 Å². The van der Waals surface area contributed by atoms with E-state index in [1.807, 2.05) is 63.2 Å². The Bertz CT molecular complexity index is 985. The molecule has 0 saturated heterocycles. The summed E-state index contributed by atoms with van der Waals surface area (Å²) in [5.41, 5.74) is 2.69. The second kappa shape index (κ2) is 11.2. The highest BCUT2D eigenvalue weighted by molar-refractivity contribution is 9.10. The maximum absolute atomic E-state index is 10.9. The molecule has 3 aromatic rings. The number of carbonyl (C=O) groups excluding carboxylic acids is 1. The molecular weight excluding hydrogens is 460 g/mol. The van der Waals surface area contributed by atoms with E-state index in [0.29, 0.717) is 31.2 Å². The highest BCUT2D eigenvalue weighted by atomic mass is 79.9. The Labute approximate surface area is 191 Å². The summed E-state index contributed by atoms with van der Waals surface area (Å²) >= 11 is 3.43. The fourth-order valence-corrected chi connectivity index (χ4v) is 3.28. The first-order valence-corrected chi connectivity index (χ1v) is 11.0. The van der Waals surface area contributed by atoms with Crippen LogP contribution >= 0.6 is 15.9 Å². The van der Waals surface area contributed by atoms with E-state index in [9.17, 15) is 4.79 Å². The minimum atomic E-state index is -0.00705. The molecule has 1 aromatic heterocycles. The van der Waals surface area contributed by atoms with Crippen molar-refractivity contribution >= 4 is 22.2 Å². The molecule has 0 N–H and O–H groups in total. The summed E-state index contributed by atoms with van der Waals surface area (Å²) in [6, 6.07) is 16.8. The number of halogens is 1. The van der Waals surface area contributed by atoms with Gasteiger partial charge in [-0.3, -0.25) is 4.84 Å². The molecule has 3 rings (SSSR count). The van der Waals surface area contributed by atoms with Gasteiger partial charge in [0, 0.05) is 22.5 Å². The summed E-state index contributed by atoms with van der Waals surface area (Å²) in [4.78, 5) is 21.2. The van der Waals surface area contributed by atoms with Crippen LogP contribution in [0, 0.1) is 13.0 Å². The van der Waals surface area contributed by atoms with Crippen LogP contribution in [0.2, 0.25) is 0 Å². The Morgan fingerprint density at radius 1 is 1.23 bits per heavy atom. The molecule has 0 amide bonds. The van der Waals surface area contributed by atoms with Crippen molar-refractivity contribution in [2.45, 2.75) is 39.8 Å². The van der Waals surface area contributed by atoms with Crippen molar-refractivity contribution in [3.63, 3.8) is 0 Å². The molecule has 2 aromatic carbocycles. The fourth-order valence-electron chi connectivity index (χ4n) is 3.02. The SMILES string of the molecule is Cc1oc(-c2ccc(Br)cc2)nc1CCOc1[c]c(CN(CC=O)OC(C)C)ccc1. The molecule has 31 heavy (non-hydrogen) atoms. The van der Waals surface area contributed by atoms with Gasteiger partial charge in [-0.05, 0) is 56.7 Å². The second-order valence-electron chi connectivity index (χ2n) is 7.31. The third kappa shape index (κ3) is 7.02. The maximum Gasteiger partial charge on any atom is 0.226 e. The number of benzene rings is 2. The molecule has 0 aliphatic carbocycles. The van der Waals surface area contributed by atoms with Gasteiger partial charge in [-0.1, -0.05) is 28.1 Å². The molecule has 1 radical (unpaired) electrons. The Morgan fingerprint density at radius 2 is 2.00 bits per heavy atom. The van der Waals surface area contributed by atoms with Crippen molar-refractivity contribution in [3.8, 4) is 17.2 Å². The summed E-state index contributed by atoms with van der Waals surface area (Å²) in [6.45, 7) is 6.86. The van der Waals surface area contributed by atoms with Gasteiger partial charge in [0.1, 0.15) is 17.8 Å². The number of hydroxylamine groups is 2. The third-order valence-electron chi connectivity index (χ3n) is 4.39. The quantitative estimate of drug-likeness (QED) is 0.275. The monoisotopic (exact) mass is 485 g/mol. The number of aldehydes is 1. The summed E-state index contributed by atoms with van der Waals surface area (Å²) < 4.78 is 12.7. The van der Waals surface area contributed by atoms with E-state index in [2.05, 4.69) is 27.0 Å². The molecule has 0 unspecified atom stereocenters. The van der Waals surface area contributed by atoms with Gasteiger partial charge in [0.05, 0.1) is 31.5 Å². The summed E-state index contributed by atoms with van der Waals surface area (Å²) in [6.07, 6.45) is 1.44. The van der Waals surface area contributed by atoms with Crippen molar-refractivity contribution in [1.82, 2.24) is 10.0 Å². The zero-order valence-corrected chi connectivity index (χ0v) is 19.5. The first-order chi connectivity index (χ1) is 14.9. The number of hydrogen-bond acceptors (Lipinski definition) is 6. The van der Waals surface area contributed by atoms with E-state index in [4.69, 9.17) is 14.0 Å². The van der Waals surface area contributed by atoms with Crippen LogP contribution in [-0.4, -0.2) is 35.6 Å². The lowest BCUT2D eigenvalue weighted by Crippen LogP contribution is -2.28. The lowest BCUT2D eigenvalue weighted by Gasteiger charge is -2.22. The Hall–Kier alpha value is -2.48. The predicted molar refractivity (Wildman–Crippen MR) is 122 cm³/mol. The number of nitrogens with zero attached hydrogens (tertiary/aromatic N) is 2. The normalized spacial score (nSPS) is 11.3. The van der Waals surface area contributed by atoms with Crippen LogP contribution in [0.5, 0.6) is 5.75 Å². The van der Waals surface area contributed by atoms with Crippen molar-refractivity contribution in [2.75, 3.05) is 13.2 Å². The topological polar surface area (TPSA) is 64.8 Å². The van der Waals surface area contributed by atoms with E-state index in [-0.39, 0.29) is 12.6 Å². The van der Waals surface area contributed by atoms with Gasteiger partial charge in [-0.2, -0.15) is 5.06 Å². The molecule has 0 spiro atoms. The second-order valence-corrected chi connectivity index (χ2v) is 8.23. The van der Waals surface area contributed by atoms with Gasteiger partial charge in [0.15, 0.2) is 0 Å². The molecular formula is C24H26BrN2O4. The largest absolute Gasteiger partial charge is 0.493 e. The molecule has 163 valence electrons. The molecule has 6 nitrogen and oxygen atoms in total. The van der Waals surface area contributed by atoms with Gasteiger partial charge >= 0.3 is 0 Å². The average molecular weight is 486 g/mol. The summed E-state index contributed by atoms with van der Waals surface area (Å²) in [7, 11) is 0. The van der Waals surface area contributed by atoms with Gasteiger partial charge in [0.25, 0.3) is 0 Å². The van der Waals surface area contributed by atoms with Gasteiger partial charge < -0.3 is 13.9 Å². The standard InChI is InChI=1S/C24H26BrN2O4/c1-17(2)31-27(12-13-28)16-19-5-4-6-22(15-19)29-14-11-23-18(3)30-24(26-23)20-7-9-21(25)10-8-20/h4-10,13,17H,11-12,14,16H2,1-3H3. The summed E-state index contributed by atoms with van der Waals surface area (Å²) in [5, 5.41) is 1.62. The zero-order chi connectivity index (χ0) is 22.2. The molecule has 0 bridgehead atoms. The molecule has 7 heteroatoms. The van der Waals surface area contributed by atoms with Crippen molar-refractivity contribution in [2.24, 2.45) is 0 Å². The maximum atomic E-state index is 10.9. The Kier molecular flexibility index (Phi) is 8.40. The molecule has 0 aliphatic rings. The number of rotatable bonds is 11. The summed E-state index contributed by atoms with van der Waals surface area (Å²) in [5.74, 6) is 2.03. The Balaban J connectivity index is 1.58. The van der Waals surface area contributed by atoms with E-state index in [1.54, 1.807) is 5.06 Å². The van der Waals surface area contributed by atoms with E-state index < -0.39 is 0 Å². The highest BCUT2D eigenvalue weighted by Crippen LogP contribution is 2.24. The van der Waals surface area contributed by atoms with Crippen molar-refractivity contribution in [1.29, 1.82) is 0 Å². The lowest BCUT2D eigenvalue weighted by atomic mass is 10.2. The molecule has 0 aliphatic heterocycles. The van der Waals surface area contributed by atoms with Crippen molar-refractivity contribution in [3.05, 3.63) is 70.0 Å². The third-order valence-corrected chi connectivity index (χ3v) is 4.92. The van der Waals surface area contributed by atoms with Crippen LogP contribution in [0.3, 0.4) is 0 Å². The van der Waals surface area contributed by atoms with Crippen LogP contribution in [0.15, 0.2) is 51.4 Å². The first kappa shape index (κ1) is 23.2. The molecule has 0 atom stereocenters. The highest BCUT2D eigenvalue weighted by Gasteiger charge is 2.12. The number of ether oxygens (including phenoxy) is 1. The number of hydrogen-bond donors (Lipinski definition) is 0. The number of aryl methyl sites for hydroxylation is 1. The minimum Gasteiger partial charge on any atom is -0.493 e. The van der Waals surface area contributed by atoms with E-state index in [1.165, 1.54) is 0 Å². The zero-order valence-electron chi connectivity index (χ0n) is 17.9.